The number of Topliss-reactive ketones (excluding diaryl/α,β-unsaturated/α-hetero) is 1. The zero-order chi connectivity index (χ0) is 37.5. The molecule has 1 unspecified atom stereocenters. The van der Waals surface area contributed by atoms with E-state index < -0.39 is 72.0 Å². The number of rotatable bonds is 18. The lowest BCUT2D eigenvalue weighted by atomic mass is 9.93. The van der Waals surface area contributed by atoms with Crippen molar-refractivity contribution in [3.05, 3.63) is 83.9 Å². The largest absolute Gasteiger partial charge is 0.445 e. The number of amides is 5. The number of primary amides is 1. The van der Waals surface area contributed by atoms with E-state index in [1.165, 1.54) is 0 Å². The number of nitrogens with one attached hydrogen (secondary N) is 4. The molecule has 5 atom stereocenters. The molecular weight excluding hydrogens is 652 g/mol. The van der Waals surface area contributed by atoms with Gasteiger partial charge in [-0.2, -0.15) is 5.26 Å². The van der Waals surface area contributed by atoms with E-state index in [-0.39, 0.29) is 25.4 Å². The van der Waals surface area contributed by atoms with Crippen LogP contribution in [0.1, 0.15) is 58.1 Å². The maximum absolute atomic E-state index is 13.5. The van der Waals surface area contributed by atoms with Crippen LogP contribution in [0.4, 0.5) is 4.79 Å². The Morgan fingerprint density at radius 1 is 0.765 bits per heavy atom. The summed E-state index contributed by atoms with van der Waals surface area (Å²) in [7, 11) is 0. The Kier molecular flexibility index (Phi) is 15.1. The van der Waals surface area contributed by atoms with Crippen molar-refractivity contribution in [3.63, 3.8) is 0 Å². The number of ketones is 1. The van der Waals surface area contributed by atoms with Crippen LogP contribution in [0.3, 0.4) is 0 Å². The van der Waals surface area contributed by atoms with E-state index in [9.17, 15) is 34.0 Å². The Bertz CT molecular complexity index is 1740. The fourth-order valence-electron chi connectivity index (χ4n) is 5.33. The normalized spacial score (nSPS) is 13.8. The topological polar surface area (TPSA) is 210 Å². The number of hydrogen-bond acceptors (Lipinski definition) is 8. The van der Waals surface area contributed by atoms with Crippen LogP contribution >= 0.6 is 0 Å². The summed E-state index contributed by atoms with van der Waals surface area (Å²) in [6.45, 7) is 7.13. The highest BCUT2D eigenvalue weighted by Gasteiger charge is 2.36. The van der Waals surface area contributed by atoms with Crippen LogP contribution in [0.15, 0.2) is 72.8 Å². The van der Waals surface area contributed by atoms with Crippen molar-refractivity contribution in [2.24, 2.45) is 17.6 Å². The van der Waals surface area contributed by atoms with Crippen molar-refractivity contribution >= 4 is 46.3 Å². The molecule has 0 aliphatic heterocycles. The first kappa shape index (κ1) is 39.7. The molecule has 13 heteroatoms. The highest BCUT2D eigenvalue weighted by molar-refractivity contribution is 6.39. The fourth-order valence-corrected chi connectivity index (χ4v) is 5.33. The number of nitriles is 1. The summed E-state index contributed by atoms with van der Waals surface area (Å²) in [6, 6.07) is 18.9. The van der Waals surface area contributed by atoms with E-state index >= 15 is 0 Å². The van der Waals surface area contributed by atoms with Gasteiger partial charge in [-0.1, -0.05) is 107 Å². The van der Waals surface area contributed by atoms with Gasteiger partial charge >= 0.3 is 6.09 Å². The average molecular weight is 699 g/mol. The number of benzene rings is 3. The third kappa shape index (κ3) is 12.3. The van der Waals surface area contributed by atoms with Gasteiger partial charge in [-0.15, -0.1) is 0 Å². The Morgan fingerprint density at radius 2 is 1.41 bits per heavy atom. The number of hydrogen-bond donors (Lipinski definition) is 5. The molecular formula is C38H46N6O7. The minimum atomic E-state index is -1.51. The van der Waals surface area contributed by atoms with Gasteiger partial charge in [0.15, 0.2) is 0 Å². The van der Waals surface area contributed by atoms with E-state index in [1.54, 1.807) is 44.2 Å². The van der Waals surface area contributed by atoms with Crippen LogP contribution in [0.5, 0.6) is 0 Å². The summed E-state index contributed by atoms with van der Waals surface area (Å²) in [6.07, 6.45) is -0.694. The lowest BCUT2D eigenvalue weighted by Gasteiger charge is -2.27. The molecule has 3 rings (SSSR count). The lowest BCUT2D eigenvalue weighted by Crippen LogP contribution is -2.58. The summed E-state index contributed by atoms with van der Waals surface area (Å²) in [5.41, 5.74) is 7.07. The van der Waals surface area contributed by atoms with E-state index in [4.69, 9.17) is 10.5 Å². The Labute approximate surface area is 297 Å². The molecule has 0 radical (unpaired) electrons. The van der Waals surface area contributed by atoms with Gasteiger partial charge in [0.2, 0.25) is 23.5 Å². The van der Waals surface area contributed by atoms with E-state index in [0.29, 0.717) is 6.42 Å². The Balaban J connectivity index is 1.69. The third-order valence-electron chi connectivity index (χ3n) is 8.38. The summed E-state index contributed by atoms with van der Waals surface area (Å²) in [4.78, 5) is 78.5. The van der Waals surface area contributed by atoms with Gasteiger partial charge in [0.1, 0.15) is 24.7 Å². The van der Waals surface area contributed by atoms with Crippen molar-refractivity contribution in [2.45, 2.75) is 84.2 Å². The SMILES string of the molecule is CC[C@H](C)C(NC(=O)[C@H](CC(C)C)NC(=O)OCc1ccccc1)C(=O)C(=O)N[C@@H](CC#N)C(=O)N[C@@H](Cc1ccc2ccccc2c1)C(N)=O. The number of fused-ring (bicyclic) bond motifs is 1. The van der Waals surface area contributed by atoms with Gasteiger partial charge in [-0.05, 0) is 40.2 Å². The fraction of sp³-hybridized carbons (Fsp3) is 0.395. The van der Waals surface area contributed by atoms with E-state index in [1.807, 2.05) is 62.4 Å². The van der Waals surface area contributed by atoms with Crippen LogP contribution < -0.4 is 27.0 Å². The molecule has 0 aliphatic carbocycles. The molecule has 0 saturated heterocycles. The molecule has 5 amide bonds. The molecule has 0 bridgehead atoms. The number of nitrogens with zero attached hydrogens (tertiary/aromatic N) is 1. The van der Waals surface area contributed by atoms with Gasteiger partial charge in [0.25, 0.3) is 5.91 Å². The number of carbonyl (C=O) groups excluding carboxylic acids is 6. The summed E-state index contributed by atoms with van der Waals surface area (Å²) >= 11 is 0. The van der Waals surface area contributed by atoms with Crippen molar-refractivity contribution in [3.8, 4) is 6.07 Å². The predicted molar refractivity (Wildman–Crippen MR) is 190 cm³/mol. The van der Waals surface area contributed by atoms with E-state index in [0.717, 1.165) is 21.9 Å². The average Bonchev–Trinajstić information content (AvgIpc) is 3.11. The molecule has 6 N–H and O–H groups in total. The smallest absolute Gasteiger partial charge is 0.408 e. The second-order valence-electron chi connectivity index (χ2n) is 12.9. The quantitative estimate of drug-likeness (QED) is 0.124. The minimum absolute atomic E-state index is 0.0160. The Morgan fingerprint density at radius 3 is 2.04 bits per heavy atom. The van der Waals surface area contributed by atoms with Crippen LogP contribution in [-0.4, -0.2) is 59.7 Å². The predicted octanol–water partition coefficient (Wildman–Crippen LogP) is 3.19. The Hall–Kier alpha value is -5.77. The number of alkyl carbamates (subject to hydrolysis) is 1. The van der Waals surface area contributed by atoms with Gasteiger partial charge in [-0.3, -0.25) is 24.0 Å². The molecule has 0 fully saturated rings. The molecule has 0 saturated carbocycles. The first-order valence-electron chi connectivity index (χ1n) is 16.9. The van der Waals surface area contributed by atoms with Gasteiger partial charge < -0.3 is 31.7 Å². The van der Waals surface area contributed by atoms with Crippen LogP contribution in [0.2, 0.25) is 0 Å². The van der Waals surface area contributed by atoms with Crippen molar-refractivity contribution in [2.75, 3.05) is 0 Å². The van der Waals surface area contributed by atoms with Crippen LogP contribution in [0, 0.1) is 23.2 Å². The standard InChI is InChI=1S/C38H46N6O7/c1-5-24(4)32(44-36(48)31(19-23(2)3)43-38(50)51-22-25-11-7-6-8-12-25)33(45)37(49)41-29(17-18-39)35(47)42-30(34(40)46)21-26-15-16-27-13-9-10-14-28(27)20-26/h6-16,20,23-24,29-32H,5,17,19,21-22H2,1-4H3,(H2,40,46)(H,41,49)(H,42,47)(H,43,50)(H,44,48)/t24-,29-,30-,31-,32?/m0/s1. The van der Waals surface area contributed by atoms with Gasteiger partial charge in [-0.25, -0.2) is 4.79 Å². The highest BCUT2D eigenvalue weighted by Crippen LogP contribution is 2.17. The molecule has 3 aromatic carbocycles. The van der Waals surface area contributed by atoms with Gasteiger partial charge in [0.05, 0.1) is 18.5 Å². The molecule has 0 spiro atoms. The van der Waals surface area contributed by atoms with E-state index in [2.05, 4.69) is 21.3 Å². The number of nitrogens with two attached hydrogens (primary N) is 1. The highest BCUT2D eigenvalue weighted by atomic mass is 16.5. The molecule has 0 aliphatic rings. The van der Waals surface area contributed by atoms with Crippen molar-refractivity contribution in [1.82, 2.24) is 21.3 Å². The van der Waals surface area contributed by atoms with Crippen molar-refractivity contribution in [1.29, 1.82) is 5.26 Å². The van der Waals surface area contributed by atoms with Crippen molar-refractivity contribution < 1.29 is 33.5 Å². The molecule has 51 heavy (non-hydrogen) atoms. The summed E-state index contributed by atoms with van der Waals surface area (Å²) in [5.74, 6) is -5.24. The van der Waals surface area contributed by atoms with Crippen LogP contribution in [-0.2, 0) is 41.7 Å². The number of carbonyl (C=O) groups is 6. The molecule has 13 nitrogen and oxygen atoms in total. The lowest BCUT2D eigenvalue weighted by molar-refractivity contribution is -0.142. The zero-order valence-corrected chi connectivity index (χ0v) is 29.3. The first-order chi connectivity index (χ1) is 24.3. The monoisotopic (exact) mass is 698 g/mol. The molecule has 0 heterocycles. The first-order valence-corrected chi connectivity index (χ1v) is 16.9. The molecule has 270 valence electrons. The minimum Gasteiger partial charge on any atom is -0.445 e. The molecule has 3 aromatic rings. The van der Waals surface area contributed by atoms with Gasteiger partial charge in [0, 0.05) is 6.42 Å². The maximum Gasteiger partial charge on any atom is 0.408 e. The number of ether oxygens (including phenoxy) is 1. The second kappa shape index (κ2) is 19.4. The third-order valence-corrected chi connectivity index (χ3v) is 8.38. The summed E-state index contributed by atoms with van der Waals surface area (Å²) in [5, 5.41) is 21.3. The second-order valence-corrected chi connectivity index (χ2v) is 12.9. The zero-order valence-electron chi connectivity index (χ0n) is 29.3. The maximum atomic E-state index is 13.5. The molecule has 0 aromatic heterocycles. The van der Waals surface area contributed by atoms with Crippen LogP contribution in [0.25, 0.3) is 10.8 Å². The summed E-state index contributed by atoms with van der Waals surface area (Å²) < 4.78 is 5.28.